The van der Waals surface area contributed by atoms with E-state index in [0.717, 1.165) is 26.2 Å². The molecule has 18 heavy (non-hydrogen) atoms. The fourth-order valence-corrected chi connectivity index (χ4v) is 2.28. The second-order valence-electron chi connectivity index (χ2n) is 7.45. The molecule has 0 amide bonds. The van der Waals surface area contributed by atoms with Crippen LogP contribution in [0.25, 0.3) is 0 Å². The van der Waals surface area contributed by atoms with Crippen LogP contribution in [-0.2, 0) is 0 Å². The Labute approximate surface area is 114 Å². The van der Waals surface area contributed by atoms with Crippen LogP contribution >= 0.6 is 0 Å². The molecule has 1 atom stereocenters. The van der Waals surface area contributed by atoms with Crippen LogP contribution in [0.15, 0.2) is 0 Å². The number of piperazine rings is 1. The lowest BCUT2D eigenvalue weighted by Gasteiger charge is -2.42. The number of hydrogen-bond acceptors (Lipinski definition) is 3. The topological polar surface area (TPSA) is 27.3 Å². The first-order valence-corrected chi connectivity index (χ1v) is 7.40. The van der Waals surface area contributed by atoms with Gasteiger partial charge in [0.1, 0.15) is 0 Å². The molecule has 0 aromatic carbocycles. The lowest BCUT2D eigenvalue weighted by atomic mass is 9.82. The third kappa shape index (κ3) is 4.87. The minimum Gasteiger partial charge on any atom is -0.315 e. The summed E-state index contributed by atoms with van der Waals surface area (Å²) in [6.45, 7) is 20.8. The van der Waals surface area contributed by atoms with Gasteiger partial charge in [0.05, 0.1) is 0 Å². The van der Waals surface area contributed by atoms with E-state index in [0.29, 0.717) is 11.3 Å². The Hall–Kier alpha value is -0.120. The highest BCUT2D eigenvalue weighted by molar-refractivity contribution is 4.87. The van der Waals surface area contributed by atoms with Crippen molar-refractivity contribution >= 4 is 0 Å². The molecule has 0 spiro atoms. The van der Waals surface area contributed by atoms with Crippen LogP contribution in [0.1, 0.15) is 41.5 Å². The second kappa shape index (κ2) is 6.36. The van der Waals surface area contributed by atoms with Gasteiger partial charge in [-0.25, -0.2) is 0 Å². The normalized spacial score (nSPS) is 21.0. The van der Waals surface area contributed by atoms with Gasteiger partial charge in [-0.15, -0.1) is 0 Å². The molecule has 1 unspecified atom stereocenters. The van der Waals surface area contributed by atoms with Crippen LogP contribution in [0.2, 0.25) is 0 Å². The standard InChI is InChI=1S/C15H33N3/c1-13(14(2,3)4)11-17-12-15(5,6)18-9-7-16-8-10-18/h13,16-17H,7-12H2,1-6H3. The molecule has 0 aromatic heterocycles. The van der Waals surface area contributed by atoms with Gasteiger partial charge in [0.15, 0.2) is 0 Å². The molecule has 1 aliphatic rings. The SMILES string of the molecule is CC(CNCC(C)(C)N1CCNCC1)C(C)(C)C. The summed E-state index contributed by atoms with van der Waals surface area (Å²) in [7, 11) is 0. The molecular weight excluding hydrogens is 222 g/mol. The third-order valence-corrected chi connectivity index (χ3v) is 4.46. The van der Waals surface area contributed by atoms with Crippen LogP contribution in [0.3, 0.4) is 0 Å². The van der Waals surface area contributed by atoms with Crippen LogP contribution in [-0.4, -0.2) is 49.7 Å². The molecule has 108 valence electrons. The van der Waals surface area contributed by atoms with E-state index in [1.165, 1.54) is 13.1 Å². The lowest BCUT2D eigenvalue weighted by molar-refractivity contribution is 0.0992. The number of nitrogens with one attached hydrogen (secondary N) is 2. The van der Waals surface area contributed by atoms with E-state index >= 15 is 0 Å². The minimum absolute atomic E-state index is 0.264. The van der Waals surface area contributed by atoms with E-state index in [-0.39, 0.29) is 5.54 Å². The monoisotopic (exact) mass is 255 g/mol. The summed E-state index contributed by atoms with van der Waals surface area (Å²) in [5, 5.41) is 7.09. The number of nitrogens with zero attached hydrogens (tertiary/aromatic N) is 1. The fourth-order valence-electron chi connectivity index (χ4n) is 2.28. The molecule has 1 fully saturated rings. The van der Waals surface area contributed by atoms with Gasteiger partial charge in [0.25, 0.3) is 0 Å². The summed E-state index contributed by atoms with van der Waals surface area (Å²) in [5.74, 6) is 0.705. The fraction of sp³-hybridized carbons (Fsp3) is 1.00. The van der Waals surface area contributed by atoms with Gasteiger partial charge < -0.3 is 10.6 Å². The van der Waals surface area contributed by atoms with Gasteiger partial charge in [-0.2, -0.15) is 0 Å². The number of rotatable bonds is 5. The zero-order valence-electron chi connectivity index (χ0n) is 13.3. The zero-order valence-corrected chi connectivity index (χ0v) is 13.3. The first-order chi connectivity index (χ1) is 8.23. The Morgan fingerprint density at radius 2 is 1.67 bits per heavy atom. The predicted octanol–water partition coefficient (Wildman–Crippen LogP) is 1.94. The van der Waals surface area contributed by atoms with Gasteiger partial charge in [-0.1, -0.05) is 27.7 Å². The van der Waals surface area contributed by atoms with Crippen molar-refractivity contribution in [1.29, 1.82) is 0 Å². The number of hydrogen-bond donors (Lipinski definition) is 2. The molecular formula is C15H33N3. The summed E-state index contributed by atoms with van der Waals surface area (Å²) in [4.78, 5) is 2.60. The highest BCUT2D eigenvalue weighted by atomic mass is 15.2. The predicted molar refractivity (Wildman–Crippen MR) is 80.0 cm³/mol. The molecule has 0 aliphatic carbocycles. The molecule has 0 bridgehead atoms. The molecule has 3 heteroatoms. The van der Waals surface area contributed by atoms with Gasteiger partial charge in [-0.3, -0.25) is 4.90 Å². The Morgan fingerprint density at radius 1 is 1.11 bits per heavy atom. The van der Waals surface area contributed by atoms with Gasteiger partial charge >= 0.3 is 0 Å². The van der Waals surface area contributed by atoms with E-state index in [1.807, 2.05) is 0 Å². The average molecular weight is 255 g/mol. The van der Waals surface area contributed by atoms with Gasteiger partial charge in [0, 0.05) is 38.3 Å². The first-order valence-electron chi connectivity index (χ1n) is 7.40. The quantitative estimate of drug-likeness (QED) is 0.786. The summed E-state index contributed by atoms with van der Waals surface area (Å²) in [5.41, 5.74) is 0.659. The lowest BCUT2D eigenvalue weighted by Crippen LogP contribution is -2.57. The van der Waals surface area contributed by atoms with Crippen molar-refractivity contribution in [3.05, 3.63) is 0 Å². The van der Waals surface area contributed by atoms with Crippen molar-refractivity contribution in [3.63, 3.8) is 0 Å². The minimum atomic E-state index is 0.264. The highest BCUT2D eigenvalue weighted by Gasteiger charge is 2.28. The van der Waals surface area contributed by atoms with Crippen LogP contribution < -0.4 is 10.6 Å². The maximum Gasteiger partial charge on any atom is 0.0278 e. The molecule has 0 radical (unpaired) electrons. The van der Waals surface area contributed by atoms with Crippen molar-refractivity contribution < 1.29 is 0 Å². The van der Waals surface area contributed by atoms with E-state index in [1.54, 1.807) is 0 Å². The molecule has 1 aliphatic heterocycles. The van der Waals surface area contributed by atoms with E-state index in [2.05, 4.69) is 57.1 Å². The second-order valence-corrected chi connectivity index (χ2v) is 7.45. The van der Waals surface area contributed by atoms with Crippen LogP contribution in [0, 0.1) is 11.3 Å². The Balaban J connectivity index is 2.32. The largest absolute Gasteiger partial charge is 0.315 e. The summed E-state index contributed by atoms with van der Waals surface area (Å²) < 4.78 is 0. The summed E-state index contributed by atoms with van der Waals surface area (Å²) in [6, 6.07) is 0. The highest BCUT2D eigenvalue weighted by Crippen LogP contribution is 2.24. The Bertz CT molecular complexity index is 237. The maximum absolute atomic E-state index is 3.67. The third-order valence-electron chi connectivity index (χ3n) is 4.46. The van der Waals surface area contributed by atoms with Crippen molar-refractivity contribution in [3.8, 4) is 0 Å². The van der Waals surface area contributed by atoms with Crippen molar-refractivity contribution in [2.24, 2.45) is 11.3 Å². The molecule has 0 aromatic rings. The zero-order chi connectivity index (χ0) is 13.8. The van der Waals surface area contributed by atoms with Gasteiger partial charge in [0.2, 0.25) is 0 Å². The summed E-state index contributed by atoms with van der Waals surface area (Å²) >= 11 is 0. The molecule has 2 N–H and O–H groups in total. The maximum atomic E-state index is 3.67. The van der Waals surface area contributed by atoms with Crippen molar-refractivity contribution in [1.82, 2.24) is 15.5 Å². The molecule has 1 rings (SSSR count). The van der Waals surface area contributed by atoms with Crippen molar-refractivity contribution in [2.75, 3.05) is 39.3 Å². The molecule has 3 nitrogen and oxygen atoms in total. The average Bonchev–Trinajstić information content (AvgIpc) is 2.28. The first kappa shape index (κ1) is 15.9. The van der Waals surface area contributed by atoms with Crippen LogP contribution in [0.4, 0.5) is 0 Å². The Kier molecular flexibility index (Phi) is 5.63. The van der Waals surface area contributed by atoms with E-state index in [9.17, 15) is 0 Å². The van der Waals surface area contributed by atoms with Gasteiger partial charge in [-0.05, 0) is 31.7 Å². The molecule has 0 saturated carbocycles. The van der Waals surface area contributed by atoms with Crippen LogP contribution in [0.5, 0.6) is 0 Å². The van der Waals surface area contributed by atoms with E-state index < -0.39 is 0 Å². The smallest absolute Gasteiger partial charge is 0.0278 e. The molecule has 1 saturated heterocycles. The van der Waals surface area contributed by atoms with E-state index in [4.69, 9.17) is 0 Å². The summed E-state index contributed by atoms with van der Waals surface area (Å²) in [6.07, 6.45) is 0. The van der Waals surface area contributed by atoms with Crippen molar-refractivity contribution in [2.45, 2.75) is 47.1 Å². The molecule has 1 heterocycles. The Morgan fingerprint density at radius 3 is 2.17 bits per heavy atom.